The molecule has 27 heavy (non-hydrogen) atoms. The lowest BCUT2D eigenvalue weighted by molar-refractivity contribution is -0.137. The maximum atomic E-state index is 12.9. The highest BCUT2D eigenvalue weighted by molar-refractivity contribution is 6.11. The summed E-state index contributed by atoms with van der Waals surface area (Å²) in [6.45, 7) is 6.17. The molecule has 0 saturated heterocycles. The molecule has 1 aliphatic heterocycles. The molecule has 1 amide bonds. The number of aromatic nitrogens is 1. The summed E-state index contributed by atoms with van der Waals surface area (Å²) in [5.41, 5.74) is 2.20. The second kappa shape index (κ2) is 7.26. The van der Waals surface area contributed by atoms with E-state index in [9.17, 15) is 18.0 Å². The monoisotopic (exact) mass is 373 g/mol. The minimum atomic E-state index is -4.43. The topological polar surface area (TPSA) is 57.2 Å². The van der Waals surface area contributed by atoms with Gasteiger partial charge in [0.2, 0.25) is 0 Å². The summed E-state index contributed by atoms with van der Waals surface area (Å²) in [6, 6.07) is 6.58. The number of nitrogens with zero attached hydrogens (tertiary/aromatic N) is 1. The van der Waals surface area contributed by atoms with Crippen molar-refractivity contribution in [2.75, 3.05) is 6.54 Å². The van der Waals surface area contributed by atoms with Crippen LogP contribution in [0.25, 0.3) is 5.70 Å². The zero-order chi connectivity index (χ0) is 19.6. The number of benzene rings is 1. The van der Waals surface area contributed by atoms with Gasteiger partial charge in [0, 0.05) is 24.2 Å². The summed E-state index contributed by atoms with van der Waals surface area (Å²) in [4.78, 5) is 19.5. The van der Waals surface area contributed by atoms with Crippen LogP contribution in [0, 0.1) is 0 Å². The molecule has 1 aliphatic rings. The molecule has 1 aromatic carbocycles. The number of hydrogen-bond acceptors (Lipinski definition) is 2. The predicted octanol–water partition coefficient (Wildman–Crippen LogP) is 4.36. The first kappa shape index (κ1) is 18.7. The van der Waals surface area contributed by atoms with Gasteiger partial charge in [-0.15, -0.1) is 0 Å². The third-order valence-electron chi connectivity index (χ3n) is 4.18. The number of carbonyl (C=O) groups is 1. The van der Waals surface area contributed by atoms with Crippen LogP contribution in [0.3, 0.4) is 0 Å². The van der Waals surface area contributed by atoms with Crippen LogP contribution < -0.4 is 5.32 Å². The maximum absolute atomic E-state index is 12.9. The SMILES string of the molecule is C=C(N=C(/C=C\C)c1cc2c([nH]1)CCNC2=O)c1cccc(C(F)(F)F)c1. The van der Waals surface area contributed by atoms with Crippen LogP contribution in [-0.2, 0) is 12.6 Å². The quantitative estimate of drug-likeness (QED) is 0.769. The third kappa shape index (κ3) is 4.02. The van der Waals surface area contributed by atoms with Gasteiger partial charge in [0.25, 0.3) is 5.91 Å². The first-order valence-electron chi connectivity index (χ1n) is 8.38. The number of alkyl halides is 3. The fourth-order valence-corrected chi connectivity index (χ4v) is 2.86. The van der Waals surface area contributed by atoms with Gasteiger partial charge in [-0.1, -0.05) is 24.8 Å². The minimum absolute atomic E-state index is 0.157. The van der Waals surface area contributed by atoms with Crippen LogP contribution in [0.1, 0.15) is 39.8 Å². The molecule has 7 heteroatoms. The van der Waals surface area contributed by atoms with Gasteiger partial charge in [0.05, 0.1) is 28.2 Å². The Kier molecular flexibility index (Phi) is 5.03. The second-order valence-electron chi connectivity index (χ2n) is 6.10. The zero-order valence-corrected chi connectivity index (χ0v) is 14.7. The molecule has 0 unspecified atom stereocenters. The van der Waals surface area contributed by atoms with Crippen LogP contribution in [0.5, 0.6) is 0 Å². The summed E-state index contributed by atoms with van der Waals surface area (Å²) in [5.74, 6) is -0.157. The maximum Gasteiger partial charge on any atom is 0.416 e. The van der Waals surface area contributed by atoms with E-state index in [0.717, 1.165) is 17.8 Å². The molecule has 0 fully saturated rings. The lowest BCUT2D eigenvalue weighted by Gasteiger charge is -2.11. The molecular formula is C20H18F3N3O. The van der Waals surface area contributed by atoms with Gasteiger partial charge in [-0.2, -0.15) is 13.2 Å². The fourth-order valence-electron chi connectivity index (χ4n) is 2.86. The van der Waals surface area contributed by atoms with Crippen molar-refractivity contribution in [1.29, 1.82) is 0 Å². The van der Waals surface area contributed by atoms with Crippen molar-refractivity contribution in [3.63, 3.8) is 0 Å². The van der Waals surface area contributed by atoms with E-state index in [1.165, 1.54) is 12.1 Å². The van der Waals surface area contributed by atoms with Gasteiger partial charge in [-0.25, -0.2) is 4.99 Å². The number of aliphatic imine (C=N–C) groups is 1. The first-order valence-corrected chi connectivity index (χ1v) is 8.38. The van der Waals surface area contributed by atoms with Crippen LogP contribution in [0.15, 0.2) is 54.1 Å². The molecule has 1 aromatic heterocycles. The van der Waals surface area contributed by atoms with Gasteiger partial charge >= 0.3 is 6.18 Å². The van der Waals surface area contributed by atoms with Crippen LogP contribution >= 0.6 is 0 Å². The van der Waals surface area contributed by atoms with E-state index in [1.807, 2.05) is 0 Å². The molecule has 0 saturated carbocycles. The van der Waals surface area contributed by atoms with E-state index in [2.05, 4.69) is 21.9 Å². The Morgan fingerprint density at radius 1 is 1.30 bits per heavy atom. The molecule has 4 nitrogen and oxygen atoms in total. The predicted molar refractivity (Wildman–Crippen MR) is 98.7 cm³/mol. The average Bonchev–Trinajstić information content (AvgIpc) is 3.06. The Balaban J connectivity index is 1.97. The molecule has 2 aromatic rings. The number of halogens is 3. The molecule has 0 bridgehead atoms. The summed E-state index contributed by atoms with van der Waals surface area (Å²) >= 11 is 0. The molecule has 0 radical (unpaired) electrons. The highest BCUT2D eigenvalue weighted by Crippen LogP contribution is 2.31. The molecule has 0 spiro atoms. The highest BCUT2D eigenvalue weighted by Gasteiger charge is 2.30. The van der Waals surface area contributed by atoms with Crippen LogP contribution in [0.4, 0.5) is 13.2 Å². The Hall–Kier alpha value is -3.09. The second-order valence-corrected chi connectivity index (χ2v) is 6.10. The van der Waals surface area contributed by atoms with E-state index in [0.29, 0.717) is 29.9 Å². The smallest absolute Gasteiger partial charge is 0.356 e. The Morgan fingerprint density at radius 3 is 2.74 bits per heavy atom. The molecular weight excluding hydrogens is 355 g/mol. The molecule has 0 atom stereocenters. The molecule has 0 aliphatic carbocycles. The minimum Gasteiger partial charge on any atom is -0.356 e. The van der Waals surface area contributed by atoms with Crippen molar-refractivity contribution in [3.05, 3.63) is 77.1 Å². The van der Waals surface area contributed by atoms with Gasteiger partial charge in [-0.3, -0.25) is 4.79 Å². The van der Waals surface area contributed by atoms with E-state index in [1.54, 1.807) is 25.1 Å². The summed E-state index contributed by atoms with van der Waals surface area (Å²) in [7, 11) is 0. The number of fused-ring (bicyclic) bond motifs is 1. The Morgan fingerprint density at radius 2 is 2.07 bits per heavy atom. The Labute approximate surface area is 154 Å². The van der Waals surface area contributed by atoms with E-state index in [-0.39, 0.29) is 17.2 Å². The average molecular weight is 373 g/mol. The summed E-state index contributed by atoms with van der Waals surface area (Å²) in [6.07, 6.45) is -0.275. The van der Waals surface area contributed by atoms with Crippen LogP contribution in [-0.4, -0.2) is 23.1 Å². The van der Waals surface area contributed by atoms with Crippen LogP contribution in [0.2, 0.25) is 0 Å². The number of nitrogens with one attached hydrogen (secondary N) is 2. The normalized spacial score (nSPS) is 15.0. The van der Waals surface area contributed by atoms with Crippen molar-refractivity contribution in [2.45, 2.75) is 19.5 Å². The number of allylic oxidation sites excluding steroid dienone is 2. The number of carbonyl (C=O) groups excluding carboxylic acids is 1. The van der Waals surface area contributed by atoms with E-state index < -0.39 is 11.7 Å². The standard InChI is InChI=1S/C20H18F3N3O/c1-3-5-17(18-11-15-16(26-18)8-9-24-19(15)27)25-12(2)13-6-4-7-14(10-13)20(21,22)23/h3-7,10-11,26H,2,8-9H2,1H3,(H,24,27)/b5-3-,25-17?. The summed E-state index contributed by atoms with van der Waals surface area (Å²) < 4.78 is 38.8. The number of aromatic amines is 1. The van der Waals surface area contributed by atoms with Gasteiger partial charge in [0.15, 0.2) is 0 Å². The molecule has 140 valence electrons. The molecule has 2 N–H and O–H groups in total. The number of rotatable bonds is 4. The van der Waals surface area contributed by atoms with E-state index >= 15 is 0 Å². The first-order chi connectivity index (χ1) is 12.8. The molecule has 2 heterocycles. The lowest BCUT2D eigenvalue weighted by atomic mass is 10.1. The fraction of sp³-hybridized carbons (Fsp3) is 0.200. The van der Waals surface area contributed by atoms with Gasteiger partial charge < -0.3 is 10.3 Å². The van der Waals surface area contributed by atoms with Gasteiger partial charge in [-0.05, 0) is 31.2 Å². The largest absolute Gasteiger partial charge is 0.416 e. The summed E-state index contributed by atoms with van der Waals surface area (Å²) in [5, 5.41) is 2.77. The van der Waals surface area contributed by atoms with E-state index in [4.69, 9.17) is 0 Å². The van der Waals surface area contributed by atoms with Gasteiger partial charge in [0.1, 0.15) is 0 Å². The lowest BCUT2D eigenvalue weighted by Crippen LogP contribution is -2.31. The van der Waals surface area contributed by atoms with Crippen molar-refractivity contribution in [3.8, 4) is 0 Å². The number of hydrogen-bond donors (Lipinski definition) is 2. The van der Waals surface area contributed by atoms with Crippen molar-refractivity contribution in [2.24, 2.45) is 4.99 Å². The number of H-pyrrole nitrogens is 1. The Bertz CT molecular complexity index is 952. The molecule has 3 rings (SSSR count). The van der Waals surface area contributed by atoms with Crippen molar-refractivity contribution in [1.82, 2.24) is 10.3 Å². The third-order valence-corrected chi connectivity index (χ3v) is 4.18. The van der Waals surface area contributed by atoms with Crippen molar-refractivity contribution >= 4 is 17.3 Å². The zero-order valence-electron chi connectivity index (χ0n) is 14.7. The highest BCUT2D eigenvalue weighted by atomic mass is 19.4. The number of amides is 1. The van der Waals surface area contributed by atoms with Crippen molar-refractivity contribution < 1.29 is 18.0 Å².